The Morgan fingerprint density at radius 1 is 1.06 bits per heavy atom. The second-order valence-electron chi connectivity index (χ2n) is 6.24. The van der Waals surface area contributed by atoms with E-state index in [2.05, 4.69) is 14.8 Å². The highest BCUT2D eigenvalue weighted by Gasteiger charge is 2.31. The van der Waals surface area contributed by atoms with Gasteiger partial charge in [-0.3, -0.25) is 4.79 Å². The van der Waals surface area contributed by atoms with Gasteiger partial charge in [0, 0.05) is 18.7 Å². The van der Waals surface area contributed by atoms with Gasteiger partial charge in [0.15, 0.2) is 0 Å². The molecule has 0 saturated carbocycles. The van der Waals surface area contributed by atoms with Gasteiger partial charge < -0.3 is 10.1 Å². The van der Waals surface area contributed by atoms with Crippen molar-refractivity contribution in [1.82, 2.24) is 4.72 Å². The molecule has 0 spiro atoms. The molecule has 0 aliphatic heterocycles. The van der Waals surface area contributed by atoms with E-state index in [-0.39, 0.29) is 28.4 Å². The lowest BCUT2D eigenvalue weighted by atomic mass is 10.2. The summed E-state index contributed by atoms with van der Waals surface area (Å²) < 4.78 is 89.6. The van der Waals surface area contributed by atoms with Crippen molar-refractivity contribution in [3.63, 3.8) is 0 Å². The standard InChI is InChI=1S/C17H18F3N3O6S2/c1-11-2-3-12(10-15(11)30(21,25)26)23-16(24)8-9-22-31(27,28)14-6-4-13(5-7-14)29-17(18,19)20/h2-7,10,22H,8-9H2,1H3,(H,23,24)(H2,21,25,26). The van der Waals surface area contributed by atoms with Gasteiger partial charge in [-0.25, -0.2) is 26.7 Å². The molecule has 2 aromatic rings. The van der Waals surface area contributed by atoms with Gasteiger partial charge in [-0.05, 0) is 48.9 Å². The van der Waals surface area contributed by atoms with Gasteiger partial charge in [0.25, 0.3) is 0 Å². The Kier molecular flexibility index (Phi) is 7.31. The summed E-state index contributed by atoms with van der Waals surface area (Å²) in [6.45, 7) is 1.21. The molecule has 0 heterocycles. The van der Waals surface area contributed by atoms with Crippen molar-refractivity contribution < 1.29 is 39.5 Å². The van der Waals surface area contributed by atoms with Gasteiger partial charge in [-0.2, -0.15) is 0 Å². The monoisotopic (exact) mass is 481 g/mol. The third-order valence-electron chi connectivity index (χ3n) is 3.79. The zero-order valence-electron chi connectivity index (χ0n) is 15.9. The van der Waals surface area contributed by atoms with Crippen molar-refractivity contribution in [1.29, 1.82) is 0 Å². The number of sulfonamides is 2. The lowest BCUT2D eigenvalue weighted by molar-refractivity contribution is -0.274. The number of anilines is 1. The second kappa shape index (κ2) is 9.21. The van der Waals surface area contributed by atoms with Gasteiger partial charge in [0.1, 0.15) is 5.75 Å². The van der Waals surface area contributed by atoms with Crippen LogP contribution in [0.3, 0.4) is 0 Å². The first-order chi connectivity index (χ1) is 14.2. The molecular weight excluding hydrogens is 463 g/mol. The molecule has 0 unspecified atom stereocenters. The predicted molar refractivity (Wildman–Crippen MR) is 104 cm³/mol. The molecule has 2 rings (SSSR count). The number of nitrogens with two attached hydrogens (primary N) is 1. The minimum absolute atomic E-state index is 0.155. The smallest absolute Gasteiger partial charge is 0.406 e. The fourth-order valence-electron chi connectivity index (χ4n) is 2.41. The first-order valence-electron chi connectivity index (χ1n) is 8.46. The normalized spacial score (nSPS) is 12.4. The number of primary sulfonamides is 1. The maximum atomic E-state index is 12.2. The van der Waals surface area contributed by atoms with Gasteiger partial charge in [-0.15, -0.1) is 13.2 Å². The molecule has 4 N–H and O–H groups in total. The van der Waals surface area contributed by atoms with E-state index >= 15 is 0 Å². The summed E-state index contributed by atoms with van der Waals surface area (Å²) in [7, 11) is -8.07. The van der Waals surface area contributed by atoms with E-state index in [0.29, 0.717) is 5.56 Å². The van der Waals surface area contributed by atoms with Crippen LogP contribution in [0.25, 0.3) is 0 Å². The van der Waals surface area contributed by atoms with Crippen LogP contribution in [-0.2, 0) is 24.8 Å². The summed E-state index contributed by atoms with van der Waals surface area (Å²) in [5, 5.41) is 7.52. The number of aryl methyl sites for hydroxylation is 1. The van der Waals surface area contributed by atoms with Crippen molar-refractivity contribution >= 4 is 31.6 Å². The first kappa shape index (κ1) is 24.6. The molecular formula is C17H18F3N3O6S2. The van der Waals surface area contributed by atoms with Crippen LogP contribution in [-0.4, -0.2) is 35.6 Å². The Morgan fingerprint density at radius 3 is 2.23 bits per heavy atom. The molecule has 31 heavy (non-hydrogen) atoms. The van der Waals surface area contributed by atoms with Crippen LogP contribution in [0.2, 0.25) is 0 Å². The summed E-state index contributed by atoms with van der Waals surface area (Å²) in [6, 6.07) is 7.61. The fraction of sp³-hybridized carbons (Fsp3) is 0.235. The van der Waals surface area contributed by atoms with Crippen molar-refractivity contribution in [3.8, 4) is 5.75 Å². The fourth-order valence-corrected chi connectivity index (χ4v) is 4.25. The van der Waals surface area contributed by atoms with E-state index in [0.717, 1.165) is 24.3 Å². The molecule has 0 aliphatic carbocycles. The number of rotatable bonds is 8. The van der Waals surface area contributed by atoms with E-state index in [1.807, 2.05) is 0 Å². The number of ether oxygens (including phenoxy) is 1. The summed E-state index contributed by atoms with van der Waals surface area (Å²) in [6.07, 6.45) is -5.20. The zero-order valence-corrected chi connectivity index (χ0v) is 17.6. The Balaban J connectivity index is 1.94. The van der Waals surface area contributed by atoms with Gasteiger partial charge >= 0.3 is 6.36 Å². The van der Waals surface area contributed by atoms with Crippen LogP contribution in [0.1, 0.15) is 12.0 Å². The van der Waals surface area contributed by atoms with Crippen molar-refractivity contribution in [3.05, 3.63) is 48.0 Å². The highest BCUT2D eigenvalue weighted by atomic mass is 32.2. The summed E-state index contributed by atoms with van der Waals surface area (Å²) in [5.41, 5.74) is 0.544. The first-order valence-corrected chi connectivity index (χ1v) is 11.5. The van der Waals surface area contributed by atoms with Gasteiger partial charge in [0.2, 0.25) is 26.0 Å². The molecule has 0 fully saturated rings. The largest absolute Gasteiger partial charge is 0.573 e. The Bertz CT molecular complexity index is 1160. The lowest BCUT2D eigenvalue weighted by Crippen LogP contribution is -2.28. The Morgan fingerprint density at radius 2 is 1.68 bits per heavy atom. The van der Waals surface area contributed by atoms with Crippen molar-refractivity contribution in [2.75, 3.05) is 11.9 Å². The number of benzene rings is 2. The highest BCUT2D eigenvalue weighted by molar-refractivity contribution is 7.89. The molecule has 0 aromatic heterocycles. The van der Waals surface area contributed by atoms with Crippen LogP contribution in [0.4, 0.5) is 18.9 Å². The van der Waals surface area contributed by atoms with Crippen molar-refractivity contribution in [2.45, 2.75) is 29.5 Å². The average Bonchev–Trinajstić information content (AvgIpc) is 2.61. The number of hydrogen-bond acceptors (Lipinski definition) is 6. The predicted octanol–water partition coefficient (Wildman–Crippen LogP) is 1.85. The van der Waals surface area contributed by atoms with E-state index in [1.165, 1.54) is 25.1 Å². The number of amides is 1. The minimum atomic E-state index is -4.90. The molecule has 2 aromatic carbocycles. The molecule has 0 aliphatic rings. The van der Waals surface area contributed by atoms with Crippen LogP contribution >= 0.6 is 0 Å². The quantitative estimate of drug-likeness (QED) is 0.525. The molecule has 0 radical (unpaired) electrons. The van der Waals surface area contributed by atoms with E-state index in [9.17, 15) is 34.8 Å². The summed E-state index contributed by atoms with van der Waals surface area (Å²) in [5.74, 6) is -1.19. The zero-order chi connectivity index (χ0) is 23.4. The number of hydrogen-bond donors (Lipinski definition) is 3. The third-order valence-corrected chi connectivity index (χ3v) is 6.32. The highest BCUT2D eigenvalue weighted by Crippen LogP contribution is 2.24. The number of carbonyl (C=O) groups is 1. The molecule has 0 atom stereocenters. The molecule has 170 valence electrons. The van der Waals surface area contributed by atoms with Gasteiger partial charge in [-0.1, -0.05) is 6.07 Å². The maximum absolute atomic E-state index is 12.2. The molecule has 1 amide bonds. The van der Waals surface area contributed by atoms with Crippen LogP contribution < -0.4 is 19.9 Å². The number of carbonyl (C=O) groups excluding carboxylic acids is 1. The minimum Gasteiger partial charge on any atom is -0.406 e. The topological polar surface area (TPSA) is 145 Å². The average molecular weight is 481 g/mol. The molecule has 9 nitrogen and oxygen atoms in total. The van der Waals surface area contributed by atoms with Crippen LogP contribution in [0.5, 0.6) is 5.75 Å². The van der Waals surface area contributed by atoms with Gasteiger partial charge in [0.05, 0.1) is 9.79 Å². The van der Waals surface area contributed by atoms with Crippen LogP contribution in [0, 0.1) is 6.92 Å². The number of nitrogens with one attached hydrogen (secondary N) is 2. The molecule has 0 saturated heterocycles. The summed E-state index contributed by atoms with van der Waals surface area (Å²) in [4.78, 5) is 11.5. The second-order valence-corrected chi connectivity index (χ2v) is 9.54. The Labute approximate surface area is 176 Å². The van der Waals surface area contributed by atoms with Crippen LogP contribution in [0.15, 0.2) is 52.3 Å². The molecule has 14 heteroatoms. The SMILES string of the molecule is Cc1ccc(NC(=O)CCNS(=O)(=O)c2ccc(OC(F)(F)F)cc2)cc1S(N)(=O)=O. The summed E-state index contributed by atoms with van der Waals surface area (Å²) >= 11 is 0. The van der Waals surface area contributed by atoms with E-state index < -0.39 is 38.1 Å². The molecule has 0 bridgehead atoms. The number of alkyl halides is 3. The third kappa shape index (κ3) is 7.50. The number of halogens is 3. The van der Waals surface area contributed by atoms with E-state index in [1.54, 1.807) is 0 Å². The lowest BCUT2D eigenvalue weighted by Gasteiger charge is -2.11. The van der Waals surface area contributed by atoms with Crippen molar-refractivity contribution in [2.24, 2.45) is 5.14 Å². The van der Waals surface area contributed by atoms with E-state index in [4.69, 9.17) is 5.14 Å². The maximum Gasteiger partial charge on any atom is 0.573 e. The Hall–Kier alpha value is -2.68.